The van der Waals surface area contributed by atoms with E-state index < -0.39 is 5.97 Å². The molecule has 0 aliphatic carbocycles. The molecule has 0 atom stereocenters. The van der Waals surface area contributed by atoms with Crippen LogP contribution in [0.15, 0.2) is 12.3 Å². The third kappa shape index (κ3) is 2.80. The number of anilines is 2. The number of nitrogen functional groups attached to an aromatic ring is 1. The van der Waals surface area contributed by atoms with Crippen LogP contribution in [0.3, 0.4) is 0 Å². The van der Waals surface area contributed by atoms with Crippen LogP contribution in [0.4, 0.5) is 11.5 Å². The van der Waals surface area contributed by atoms with E-state index in [1.807, 2.05) is 0 Å². The highest BCUT2D eigenvalue weighted by Gasteiger charge is 2.29. The summed E-state index contributed by atoms with van der Waals surface area (Å²) in [5, 5.41) is 0. The van der Waals surface area contributed by atoms with Crippen molar-refractivity contribution < 1.29 is 9.53 Å². The van der Waals surface area contributed by atoms with Crippen molar-refractivity contribution in [2.24, 2.45) is 5.41 Å². The third-order valence-electron chi connectivity index (χ3n) is 3.57. The Hall–Kier alpha value is -1.78. The molecule has 1 saturated heterocycles. The Bertz CT molecular complexity index is 486. The molecular weight excluding hydrogens is 242 g/mol. The zero-order valence-corrected chi connectivity index (χ0v) is 11.8. The summed E-state index contributed by atoms with van der Waals surface area (Å²) in [6.07, 6.45) is 3.91. The van der Waals surface area contributed by atoms with E-state index in [9.17, 15) is 4.79 Å². The van der Waals surface area contributed by atoms with Crippen molar-refractivity contribution in [2.45, 2.75) is 26.7 Å². The van der Waals surface area contributed by atoms with Crippen molar-refractivity contribution >= 4 is 17.5 Å². The molecule has 0 aromatic carbocycles. The van der Waals surface area contributed by atoms with Gasteiger partial charge in [0.2, 0.25) is 0 Å². The maximum Gasteiger partial charge on any atom is 0.340 e. The topological polar surface area (TPSA) is 68.5 Å². The zero-order chi connectivity index (χ0) is 14.0. The minimum absolute atomic E-state index is 0.244. The number of carbonyl (C=O) groups is 1. The van der Waals surface area contributed by atoms with E-state index in [0.29, 0.717) is 17.1 Å². The predicted molar refractivity (Wildman–Crippen MR) is 75.2 cm³/mol. The summed E-state index contributed by atoms with van der Waals surface area (Å²) in [5.74, 6) is 0.271. The molecule has 2 rings (SSSR count). The summed E-state index contributed by atoms with van der Waals surface area (Å²) >= 11 is 0. The van der Waals surface area contributed by atoms with Gasteiger partial charge in [0.05, 0.1) is 18.4 Å². The molecule has 0 spiro atoms. The second kappa shape index (κ2) is 5.07. The van der Waals surface area contributed by atoms with Crippen LogP contribution in [0.1, 0.15) is 37.0 Å². The van der Waals surface area contributed by atoms with Crippen LogP contribution in [-0.4, -0.2) is 31.2 Å². The van der Waals surface area contributed by atoms with E-state index in [4.69, 9.17) is 10.5 Å². The quantitative estimate of drug-likeness (QED) is 0.827. The van der Waals surface area contributed by atoms with Gasteiger partial charge in [0.25, 0.3) is 0 Å². The Labute approximate surface area is 113 Å². The molecule has 1 aliphatic heterocycles. The summed E-state index contributed by atoms with van der Waals surface area (Å²) in [5.41, 5.74) is 7.11. The van der Waals surface area contributed by atoms with Gasteiger partial charge in [-0.25, -0.2) is 9.78 Å². The van der Waals surface area contributed by atoms with Crippen molar-refractivity contribution in [1.82, 2.24) is 4.98 Å². The van der Waals surface area contributed by atoms with Gasteiger partial charge in [-0.3, -0.25) is 0 Å². The van der Waals surface area contributed by atoms with E-state index in [0.717, 1.165) is 19.5 Å². The number of methoxy groups -OCH3 is 1. The molecule has 2 heterocycles. The summed E-state index contributed by atoms with van der Waals surface area (Å²) in [6, 6.07) is 1.60. The number of nitrogens with zero attached hydrogens (tertiary/aromatic N) is 2. The molecule has 1 aliphatic rings. The van der Waals surface area contributed by atoms with Gasteiger partial charge in [-0.1, -0.05) is 13.8 Å². The highest BCUT2D eigenvalue weighted by atomic mass is 16.5. The minimum Gasteiger partial charge on any atom is -0.465 e. The van der Waals surface area contributed by atoms with Gasteiger partial charge < -0.3 is 15.4 Å². The molecule has 104 valence electrons. The van der Waals surface area contributed by atoms with Crippen LogP contribution in [0.25, 0.3) is 0 Å². The highest BCUT2D eigenvalue weighted by molar-refractivity contribution is 5.97. The molecule has 0 unspecified atom stereocenters. The van der Waals surface area contributed by atoms with E-state index in [2.05, 4.69) is 23.7 Å². The molecule has 2 N–H and O–H groups in total. The largest absolute Gasteiger partial charge is 0.465 e. The van der Waals surface area contributed by atoms with E-state index in [1.54, 1.807) is 12.3 Å². The van der Waals surface area contributed by atoms with Gasteiger partial charge in [-0.05, 0) is 24.3 Å². The summed E-state index contributed by atoms with van der Waals surface area (Å²) < 4.78 is 4.74. The van der Waals surface area contributed by atoms with Crippen molar-refractivity contribution in [2.75, 3.05) is 30.8 Å². The first kappa shape index (κ1) is 13.6. The molecule has 0 amide bonds. The lowest BCUT2D eigenvalue weighted by atomic mass is 9.84. The Morgan fingerprint density at radius 1 is 1.53 bits per heavy atom. The van der Waals surface area contributed by atoms with Gasteiger partial charge >= 0.3 is 5.97 Å². The lowest BCUT2D eigenvalue weighted by molar-refractivity contribution is 0.0602. The summed E-state index contributed by atoms with van der Waals surface area (Å²) in [7, 11) is 1.35. The Balaban J connectivity index is 2.32. The van der Waals surface area contributed by atoms with Crippen molar-refractivity contribution in [1.29, 1.82) is 0 Å². The van der Waals surface area contributed by atoms with E-state index in [1.165, 1.54) is 13.5 Å². The molecule has 5 heteroatoms. The Kier molecular flexibility index (Phi) is 3.64. The monoisotopic (exact) mass is 263 g/mol. The second-order valence-corrected chi connectivity index (χ2v) is 5.78. The highest BCUT2D eigenvalue weighted by Crippen LogP contribution is 2.33. The first-order valence-corrected chi connectivity index (χ1v) is 6.52. The number of esters is 1. The van der Waals surface area contributed by atoms with Gasteiger partial charge in [0, 0.05) is 19.3 Å². The van der Waals surface area contributed by atoms with Crippen molar-refractivity contribution in [3.8, 4) is 0 Å². The molecule has 19 heavy (non-hydrogen) atoms. The van der Waals surface area contributed by atoms with Crippen LogP contribution in [-0.2, 0) is 4.74 Å². The third-order valence-corrected chi connectivity index (χ3v) is 3.57. The van der Waals surface area contributed by atoms with Crippen molar-refractivity contribution in [3.05, 3.63) is 17.8 Å². The lowest BCUT2D eigenvalue weighted by Gasteiger charge is -2.39. The van der Waals surface area contributed by atoms with Crippen LogP contribution in [0.5, 0.6) is 0 Å². The maximum atomic E-state index is 11.6. The molecular formula is C14H21N3O2. The first-order chi connectivity index (χ1) is 8.94. The lowest BCUT2D eigenvalue weighted by Crippen LogP contribution is -2.41. The van der Waals surface area contributed by atoms with Gasteiger partial charge in [-0.15, -0.1) is 0 Å². The Morgan fingerprint density at radius 2 is 2.26 bits per heavy atom. The summed E-state index contributed by atoms with van der Waals surface area (Å²) in [4.78, 5) is 18.1. The van der Waals surface area contributed by atoms with Crippen molar-refractivity contribution in [3.63, 3.8) is 0 Å². The number of hydrogen-bond donors (Lipinski definition) is 1. The molecule has 0 saturated carbocycles. The van der Waals surface area contributed by atoms with Crippen LogP contribution in [0, 0.1) is 5.41 Å². The number of aromatic nitrogens is 1. The normalized spacial score (nSPS) is 18.2. The average Bonchev–Trinajstić information content (AvgIpc) is 2.37. The number of pyridine rings is 1. The number of hydrogen-bond acceptors (Lipinski definition) is 5. The molecule has 0 bridgehead atoms. The summed E-state index contributed by atoms with van der Waals surface area (Å²) in [6.45, 7) is 6.29. The van der Waals surface area contributed by atoms with Crippen LogP contribution < -0.4 is 10.6 Å². The van der Waals surface area contributed by atoms with Gasteiger partial charge in [-0.2, -0.15) is 0 Å². The first-order valence-electron chi connectivity index (χ1n) is 6.52. The zero-order valence-electron chi connectivity index (χ0n) is 11.8. The predicted octanol–water partition coefficient (Wildman–Crippen LogP) is 2.08. The van der Waals surface area contributed by atoms with E-state index in [-0.39, 0.29) is 5.41 Å². The number of piperidine rings is 1. The van der Waals surface area contributed by atoms with Crippen LogP contribution in [0.2, 0.25) is 0 Å². The van der Waals surface area contributed by atoms with Crippen LogP contribution >= 0.6 is 0 Å². The fraction of sp³-hybridized carbons (Fsp3) is 0.571. The number of carbonyl (C=O) groups excluding carboxylic acids is 1. The SMILES string of the molecule is COC(=O)c1ccnc(N2CCCC(C)(C)C2)c1N. The smallest absolute Gasteiger partial charge is 0.340 e. The fourth-order valence-electron chi connectivity index (χ4n) is 2.61. The fourth-order valence-corrected chi connectivity index (χ4v) is 2.61. The number of rotatable bonds is 2. The number of nitrogens with two attached hydrogens (primary N) is 1. The number of ether oxygens (including phenoxy) is 1. The second-order valence-electron chi connectivity index (χ2n) is 5.78. The molecule has 0 radical (unpaired) electrons. The maximum absolute atomic E-state index is 11.6. The molecule has 1 aromatic rings. The molecule has 1 fully saturated rings. The van der Waals surface area contributed by atoms with E-state index >= 15 is 0 Å². The van der Waals surface area contributed by atoms with Gasteiger partial charge in [0.15, 0.2) is 5.82 Å². The average molecular weight is 263 g/mol. The minimum atomic E-state index is -0.419. The molecule has 1 aromatic heterocycles. The standard InChI is InChI=1S/C14H21N3O2/c1-14(2)6-4-8-17(9-14)12-11(15)10(5-7-16-12)13(18)19-3/h5,7H,4,6,8-9,15H2,1-3H3. The van der Waals surface area contributed by atoms with Gasteiger partial charge in [0.1, 0.15) is 0 Å². The Morgan fingerprint density at radius 3 is 2.89 bits per heavy atom. The molecule has 5 nitrogen and oxygen atoms in total.